The number of amides is 1. The van der Waals surface area contributed by atoms with Gasteiger partial charge in [-0.05, 0) is 42.5 Å². The third-order valence-electron chi connectivity index (χ3n) is 4.52. The lowest BCUT2D eigenvalue weighted by Crippen LogP contribution is -2.31. The van der Waals surface area contributed by atoms with E-state index < -0.39 is 5.82 Å². The highest BCUT2D eigenvalue weighted by Crippen LogP contribution is 2.34. The first-order valence-electron chi connectivity index (χ1n) is 9.09. The average Bonchev–Trinajstić information content (AvgIpc) is 3.22. The Morgan fingerprint density at radius 3 is 2.67 bits per heavy atom. The zero-order valence-corrected chi connectivity index (χ0v) is 17.1. The minimum atomic E-state index is -0.431. The van der Waals surface area contributed by atoms with Crippen molar-refractivity contribution >= 4 is 32.6 Å². The summed E-state index contributed by atoms with van der Waals surface area (Å²) in [6.07, 6.45) is 1.65. The van der Waals surface area contributed by atoms with E-state index in [0.717, 1.165) is 0 Å². The number of hydrogen-bond acceptors (Lipinski definition) is 6. The molecule has 30 heavy (non-hydrogen) atoms. The summed E-state index contributed by atoms with van der Waals surface area (Å²) in [4.78, 5) is 23.8. The fourth-order valence-electron chi connectivity index (χ4n) is 3.03. The van der Waals surface area contributed by atoms with Crippen LogP contribution >= 0.6 is 11.3 Å². The van der Waals surface area contributed by atoms with Crippen molar-refractivity contribution in [2.45, 2.75) is 6.54 Å². The summed E-state index contributed by atoms with van der Waals surface area (Å²) >= 11 is 1.24. The van der Waals surface area contributed by atoms with E-state index in [4.69, 9.17) is 9.47 Å². The van der Waals surface area contributed by atoms with E-state index in [1.165, 1.54) is 36.5 Å². The number of methoxy groups -OCH3 is 2. The maximum Gasteiger partial charge on any atom is 0.264 e. The summed E-state index contributed by atoms with van der Waals surface area (Å²) in [5, 5.41) is 0.371. The molecule has 6 nitrogen and oxygen atoms in total. The molecule has 0 fully saturated rings. The molecule has 0 aliphatic rings. The van der Waals surface area contributed by atoms with Crippen LogP contribution in [0.3, 0.4) is 0 Å². The summed E-state index contributed by atoms with van der Waals surface area (Å²) in [5.41, 5.74) is 1.22. The van der Waals surface area contributed by atoms with Gasteiger partial charge in [0.25, 0.3) is 5.91 Å². The molecule has 0 N–H and O–H groups in total. The Kier molecular flexibility index (Phi) is 5.58. The van der Waals surface area contributed by atoms with E-state index in [-0.39, 0.29) is 18.0 Å². The van der Waals surface area contributed by atoms with E-state index in [1.807, 2.05) is 12.1 Å². The number of halogens is 1. The molecule has 0 radical (unpaired) electrons. The largest absolute Gasteiger partial charge is 0.497 e. The van der Waals surface area contributed by atoms with Crippen molar-refractivity contribution in [3.63, 3.8) is 0 Å². The van der Waals surface area contributed by atoms with Gasteiger partial charge in [-0.25, -0.2) is 9.37 Å². The smallest absolute Gasteiger partial charge is 0.264 e. The molecule has 2 aromatic heterocycles. The Hall–Kier alpha value is -3.52. The van der Waals surface area contributed by atoms with Gasteiger partial charge in [-0.15, -0.1) is 0 Å². The van der Waals surface area contributed by atoms with Crippen molar-refractivity contribution in [1.29, 1.82) is 0 Å². The molecule has 0 saturated carbocycles. The lowest BCUT2D eigenvalue weighted by Gasteiger charge is -2.21. The molecule has 4 aromatic rings. The number of para-hydroxylation sites is 1. The van der Waals surface area contributed by atoms with Crippen LogP contribution in [0.15, 0.2) is 60.8 Å². The van der Waals surface area contributed by atoms with Crippen molar-refractivity contribution < 1.29 is 18.7 Å². The standard InChI is InChI=1S/C22H18FN3O3S/c1-28-15-9-10-18(29-2)16(12-15)21(27)26(13-14-6-3-4-11-24-14)22-25-20-17(23)7-5-8-19(20)30-22/h3-12H,13H2,1-2H3. The van der Waals surface area contributed by atoms with E-state index in [1.54, 1.807) is 42.6 Å². The fraction of sp³-hybridized carbons (Fsp3) is 0.136. The van der Waals surface area contributed by atoms with Crippen molar-refractivity contribution in [2.24, 2.45) is 0 Å². The first kappa shape index (κ1) is 19.8. The minimum Gasteiger partial charge on any atom is -0.497 e. The molecule has 1 amide bonds. The highest BCUT2D eigenvalue weighted by Gasteiger charge is 2.26. The zero-order chi connectivity index (χ0) is 21.1. The highest BCUT2D eigenvalue weighted by atomic mass is 32.1. The van der Waals surface area contributed by atoms with Crippen molar-refractivity contribution in [1.82, 2.24) is 9.97 Å². The molecule has 2 heterocycles. The molecule has 152 valence electrons. The molecule has 0 unspecified atom stereocenters. The van der Waals surface area contributed by atoms with Gasteiger partial charge in [0.05, 0.1) is 36.7 Å². The van der Waals surface area contributed by atoms with Gasteiger partial charge in [-0.2, -0.15) is 0 Å². The summed E-state index contributed by atoms with van der Waals surface area (Å²) in [6.45, 7) is 0.168. The van der Waals surface area contributed by atoms with E-state index in [9.17, 15) is 9.18 Å². The first-order chi connectivity index (χ1) is 14.6. The molecule has 0 aliphatic heterocycles. The Balaban J connectivity index is 1.82. The Bertz CT molecular complexity index is 1200. The van der Waals surface area contributed by atoms with E-state index in [2.05, 4.69) is 9.97 Å². The predicted octanol–water partition coefficient (Wildman–Crippen LogP) is 4.69. The quantitative estimate of drug-likeness (QED) is 0.450. The number of ether oxygens (including phenoxy) is 2. The molecule has 0 aliphatic carbocycles. The maximum absolute atomic E-state index is 14.2. The Morgan fingerprint density at radius 1 is 1.10 bits per heavy atom. The maximum atomic E-state index is 14.2. The number of anilines is 1. The predicted molar refractivity (Wildman–Crippen MR) is 114 cm³/mol. The molecule has 0 spiro atoms. The van der Waals surface area contributed by atoms with Crippen LogP contribution in [0.2, 0.25) is 0 Å². The number of nitrogens with zero attached hydrogens (tertiary/aromatic N) is 3. The summed E-state index contributed by atoms with van der Waals surface area (Å²) < 4.78 is 25.5. The number of carbonyl (C=O) groups is 1. The normalized spacial score (nSPS) is 10.8. The second-order valence-corrected chi connectivity index (χ2v) is 7.37. The van der Waals surface area contributed by atoms with Crippen LogP contribution in [0.4, 0.5) is 9.52 Å². The molecule has 4 rings (SSSR count). The molecule has 0 bridgehead atoms. The third kappa shape index (κ3) is 3.81. The summed E-state index contributed by atoms with van der Waals surface area (Å²) in [6, 6.07) is 15.2. The summed E-state index contributed by atoms with van der Waals surface area (Å²) in [7, 11) is 3.02. The molecule has 0 saturated heterocycles. The lowest BCUT2D eigenvalue weighted by molar-refractivity contribution is 0.0981. The SMILES string of the molecule is COc1ccc(OC)c(C(=O)N(Cc2ccccn2)c2nc3c(F)cccc3s2)c1. The van der Waals surface area contributed by atoms with Crippen LogP contribution < -0.4 is 14.4 Å². The van der Waals surface area contributed by atoms with Gasteiger partial charge < -0.3 is 9.47 Å². The Labute approximate surface area is 176 Å². The number of pyridine rings is 1. The molecule has 2 aromatic carbocycles. The van der Waals surface area contributed by atoms with Gasteiger partial charge in [-0.3, -0.25) is 14.7 Å². The number of aromatic nitrogens is 2. The molecule has 0 atom stereocenters. The number of thiazole rings is 1. The number of hydrogen-bond donors (Lipinski definition) is 0. The first-order valence-corrected chi connectivity index (χ1v) is 9.91. The van der Waals surface area contributed by atoms with Gasteiger partial charge in [0, 0.05) is 6.20 Å². The second kappa shape index (κ2) is 8.46. The van der Waals surface area contributed by atoms with Gasteiger partial charge >= 0.3 is 0 Å². The molecular weight excluding hydrogens is 405 g/mol. The van der Waals surface area contributed by atoms with Crippen molar-refractivity contribution in [3.05, 3.63) is 77.9 Å². The topological polar surface area (TPSA) is 64.6 Å². The van der Waals surface area contributed by atoms with Crippen LogP contribution in [0, 0.1) is 5.82 Å². The summed E-state index contributed by atoms with van der Waals surface area (Å²) in [5.74, 6) is 0.140. The third-order valence-corrected chi connectivity index (χ3v) is 5.56. The van der Waals surface area contributed by atoms with Gasteiger partial charge in [0.15, 0.2) is 5.13 Å². The van der Waals surface area contributed by atoms with Crippen molar-refractivity contribution in [3.8, 4) is 11.5 Å². The molecular formula is C22H18FN3O3S. The van der Waals surface area contributed by atoms with Gasteiger partial charge in [0.2, 0.25) is 0 Å². The lowest BCUT2D eigenvalue weighted by atomic mass is 10.1. The van der Waals surface area contributed by atoms with Crippen LogP contribution in [0.25, 0.3) is 10.2 Å². The van der Waals surface area contributed by atoms with E-state index in [0.29, 0.717) is 32.6 Å². The zero-order valence-electron chi connectivity index (χ0n) is 16.3. The Morgan fingerprint density at radius 2 is 1.97 bits per heavy atom. The van der Waals surface area contributed by atoms with Crippen molar-refractivity contribution in [2.75, 3.05) is 19.1 Å². The average molecular weight is 423 g/mol. The number of carbonyl (C=O) groups excluding carboxylic acids is 1. The second-order valence-electron chi connectivity index (χ2n) is 6.36. The number of fused-ring (bicyclic) bond motifs is 1. The van der Waals surface area contributed by atoms with Crippen LogP contribution in [0.1, 0.15) is 16.1 Å². The monoisotopic (exact) mass is 423 g/mol. The van der Waals surface area contributed by atoms with Gasteiger partial charge in [0.1, 0.15) is 22.8 Å². The fourth-order valence-corrected chi connectivity index (χ4v) is 4.00. The highest BCUT2D eigenvalue weighted by molar-refractivity contribution is 7.22. The number of rotatable bonds is 6. The van der Waals surface area contributed by atoms with Crippen LogP contribution in [0.5, 0.6) is 11.5 Å². The number of benzene rings is 2. The van der Waals surface area contributed by atoms with E-state index >= 15 is 0 Å². The minimum absolute atomic E-state index is 0.168. The van der Waals surface area contributed by atoms with Crippen LogP contribution in [-0.4, -0.2) is 30.1 Å². The van der Waals surface area contributed by atoms with Gasteiger partial charge in [-0.1, -0.05) is 23.5 Å². The van der Waals surface area contributed by atoms with Crippen LogP contribution in [-0.2, 0) is 6.54 Å². The molecule has 8 heteroatoms.